The molecule has 24 heavy (non-hydrogen) atoms. The molecule has 132 valence electrons. The van der Waals surface area contributed by atoms with E-state index in [1.165, 1.54) is 15.6 Å². The number of rotatable bonds is 7. The number of ether oxygens (including phenoxy) is 1. The van der Waals surface area contributed by atoms with Gasteiger partial charge in [0.05, 0.1) is 19.5 Å². The van der Waals surface area contributed by atoms with Gasteiger partial charge in [-0.3, -0.25) is 14.3 Å². The highest BCUT2D eigenvalue weighted by molar-refractivity contribution is 7.50. The quantitative estimate of drug-likeness (QED) is 0.455. The van der Waals surface area contributed by atoms with E-state index >= 15 is 0 Å². The number of hydrogen-bond donors (Lipinski definition) is 3. The highest BCUT2D eigenvalue weighted by atomic mass is 31.2. The van der Waals surface area contributed by atoms with Crippen LogP contribution in [0.25, 0.3) is 11.2 Å². The standard InChI is InChI=1S/C12H19N6O5P/c13-12-15-10-9(11(19)16-12)17(7-14-10)8-22-5-6-23-24(20,21)18-3-1-2-4-18/h7H,1-6,8H2,(H,20,21)(H3,13,15,16,19). The van der Waals surface area contributed by atoms with Crippen LogP contribution in [0.1, 0.15) is 12.8 Å². The SMILES string of the molecule is Nc1nc2ncn(COCCOP(=O)(O)N3CCCC3)c2c(=O)[nH]1. The summed E-state index contributed by atoms with van der Waals surface area (Å²) in [7, 11) is -3.74. The number of nitrogens with two attached hydrogens (primary N) is 1. The smallest absolute Gasteiger partial charge is 0.369 e. The molecule has 0 radical (unpaired) electrons. The second-order valence-electron chi connectivity index (χ2n) is 5.36. The third-order valence-corrected chi connectivity index (χ3v) is 5.29. The van der Waals surface area contributed by atoms with Gasteiger partial charge in [0.15, 0.2) is 11.2 Å². The Balaban J connectivity index is 1.50. The van der Waals surface area contributed by atoms with Crippen molar-refractivity contribution in [1.29, 1.82) is 0 Å². The van der Waals surface area contributed by atoms with E-state index in [1.54, 1.807) is 0 Å². The molecule has 2 aromatic heterocycles. The monoisotopic (exact) mass is 358 g/mol. The van der Waals surface area contributed by atoms with E-state index in [-0.39, 0.29) is 37.1 Å². The van der Waals surface area contributed by atoms with Crippen LogP contribution in [-0.2, 0) is 20.6 Å². The van der Waals surface area contributed by atoms with Crippen LogP contribution in [0.5, 0.6) is 0 Å². The molecule has 2 aromatic rings. The minimum Gasteiger partial charge on any atom is -0.369 e. The molecule has 3 heterocycles. The Hall–Kier alpha value is -1.78. The third kappa shape index (κ3) is 3.65. The second kappa shape index (κ2) is 6.99. The van der Waals surface area contributed by atoms with Crippen LogP contribution in [0.4, 0.5) is 5.95 Å². The van der Waals surface area contributed by atoms with Crippen molar-refractivity contribution in [3.05, 3.63) is 16.7 Å². The zero-order valence-corrected chi connectivity index (χ0v) is 13.8. The van der Waals surface area contributed by atoms with E-state index in [0.29, 0.717) is 13.1 Å². The Morgan fingerprint density at radius 3 is 2.88 bits per heavy atom. The normalized spacial score (nSPS) is 18.2. The maximum Gasteiger partial charge on any atom is 0.405 e. The van der Waals surface area contributed by atoms with Crippen molar-refractivity contribution < 1.29 is 18.7 Å². The average molecular weight is 358 g/mol. The van der Waals surface area contributed by atoms with E-state index in [0.717, 1.165) is 12.8 Å². The Morgan fingerprint density at radius 1 is 1.38 bits per heavy atom. The van der Waals surface area contributed by atoms with Gasteiger partial charge in [0.2, 0.25) is 5.95 Å². The number of aromatic amines is 1. The van der Waals surface area contributed by atoms with E-state index in [9.17, 15) is 14.3 Å². The van der Waals surface area contributed by atoms with Gasteiger partial charge in [0.1, 0.15) is 6.73 Å². The lowest BCUT2D eigenvalue weighted by Gasteiger charge is -2.21. The summed E-state index contributed by atoms with van der Waals surface area (Å²) in [4.78, 5) is 32.0. The van der Waals surface area contributed by atoms with Crippen LogP contribution in [0, 0.1) is 0 Å². The molecule has 1 unspecified atom stereocenters. The Bertz CT molecular complexity index is 814. The van der Waals surface area contributed by atoms with Gasteiger partial charge in [-0.1, -0.05) is 0 Å². The fourth-order valence-electron chi connectivity index (χ4n) is 2.51. The van der Waals surface area contributed by atoms with Crippen molar-refractivity contribution in [2.75, 3.05) is 32.0 Å². The van der Waals surface area contributed by atoms with Crippen LogP contribution in [0.3, 0.4) is 0 Å². The zero-order valence-electron chi connectivity index (χ0n) is 12.9. The molecule has 11 nitrogen and oxygen atoms in total. The van der Waals surface area contributed by atoms with Gasteiger partial charge in [0.25, 0.3) is 5.56 Å². The summed E-state index contributed by atoms with van der Waals surface area (Å²) in [5, 5.41) is 0. The number of H-pyrrole nitrogens is 1. The number of imidazole rings is 1. The predicted molar refractivity (Wildman–Crippen MR) is 85.1 cm³/mol. The molecule has 1 aliphatic heterocycles. The lowest BCUT2D eigenvalue weighted by atomic mass is 10.4. The number of nitrogen functional groups attached to an aromatic ring is 1. The largest absolute Gasteiger partial charge is 0.405 e. The number of nitrogens with one attached hydrogen (secondary N) is 1. The van der Waals surface area contributed by atoms with Crippen molar-refractivity contribution in [3.63, 3.8) is 0 Å². The van der Waals surface area contributed by atoms with Crippen LogP contribution >= 0.6 is 7.75 Å². The minimum absolute atomic E-state index is 0.00678. The molecule has 1 saturated heterocycles. The molecule has 3 rings (SSSR count). The van der Waals surface area contributed by atoms with Gasteiger partial charge in [-0.05, 0) is 12.8 Å². The molecule has 0 bridgehead atoms. The maximum atomic E-state index is 12.0. The number of hydrogen-bond acceptors (Lipinski definition) is 7. The number of aromatic nitrogens is 4. The van der Waals surface area contributed by atoms with E-state index in [1.807, 2.05) is 0 Å². The summed E-state index contributed by atoms with van der Waals surface area (Å²) in [6, 6.07) is 0. The molecule has 12 heteroatoms. The van der Waals surface area contributed by atoms with Crippen LogP contribution in [0.2, 0.25) is 0 Å². The van der Waals surface area contributed by atoms with E-state index in [2.05, 4.69) is 15.0 Å². The molecule has 1 atom stereocenters. The summed E-state index contributed by atoms with van der Waals surface area (Å²) in [6.45, 7) is 1.23. The molecule has 1 aliphatic rings. The van der Waals surface area contributed by atoms with Crippen LogP contribution < -0.4 is 11.3 Å². The molecular weight excluding hydrogens is 339 g/mol. The number of anilines is 1. The predicted octanol–water partition coefficient (Wildman–Crippen LogP) is -0.111. The van der Waals surface area contributed by atoms with Gasteiger partial charge in [-0.15, -0.1) is 0 Å². The number of fused-ring (bicyclic) bond motifs is 1. The van der Waals surface area contributed by atoms with Crippen molar-refractivity contribution in [2.45, 2.75) is 19.6 Å². The lowest BCUT2D eigenvalue weighted by Crippen LogP contribution is -2.19. The fraction of sp³-hybridized carbons (Fsp3) is 0.583. The van der Waals surface area contributed by atoms with Gasteiger partial charge < -0.3 is 19.9 Å². The minimum atomic E-state index is -3.74. The Morgan fingerprint density at radius 2 is 2.12 bits per heavy atom. The highest BCUT2D eigenvalue weighted by Crippen LogP contribution is 2.47. The first-order valence-electron chi connectivity index (χ1n) is 7.48. The Kier molecular flexibility index (Phi) is 4.97. The summed E-state index contributed by atoms with van der Waals surface area (Å²) in [6.07, 6.45) is 3.20. The van der Waals surface area contributed by atoms with Crippen molar-refractivity contribution in [2.24, 2.45) is 0 Å². The first-order valence-corrected chi connectivity index (χ1v) is 9.01. The first kappa shape index (κ1) is 17.1. The van der Waals surface area contributed by atoms with Gasteiger partial charge in [-0.2, -0.15) is 4.98 Å². The molecule has 1 fully saturated rings. The van der Waals surface area contributed by atoms with Crippen LogP contribution in [0.15, 0.2) is 11.1 Å². The lowest BCUT2D eigenvalue weighted by molar-refractivity contribution is 0.0496. The van der Waals surface area contributed by atoms with E-state index < -0.39 is 13.3 Å². The molecule has 0 aliphatic carbocycles. The Labute approximate surface area is 137 Å². The van der Waals surface area contributed by atoms with E-state index in [4.69, 9.17) is 15.0 Å². The average Bonchev–Trinajstić information content (AvgIpc) is 3.16. The molecule has 0 aromatic carbocycles. The molecule has 0 spiro atoms. The van der Waals surface area contributed by atoms with Crippen molar-refractivity contribution in [1.82, 2.24) is 24.2 Å². The van der Waals surface area contributed by atoms with Crippen LogP contribution in [-0.4, -0.2) is 55.4 Å². The summed E-state index contributed by atoms with van der Waals surface area (Å²) >= 11 is 0. The molecular formula is C12H19N6O5P. The van der Waals surface area contributed by atoms with Gasteiger partial charge in [0, 0.05) is 13.1 Å². The third-order valence-electron chi connectivity index (χ3n) is 3.66. The molecule has 0 amide bonds. The number of nitrogens with zero attached hydrogens (tertiary/aromatic N) is 4. The zero-order chi connectivity index (χ0) is 17.2. The maximum absolute atomic E-state index is 12.0. The highest BCUT2D eigenvalue weighted by Gasteiger charge is 2.31. The topological polar surface area (TPSA) is 149 Å². The summed E-state index contributed by atoms with van der Waals surface area (Å²) in [5.74, 6) is -0.00678. The second-order valence-corrected chi connectivity index (χ2v) is 7.16. The van der Waals surface area contributed by atoms with Crippen molar-refractivity contribution >= 4 is 24.9 Å². The fourth-order valence-corrected chi connectivity index (χ4v) is 3.78. The van der Waals surface area contributed by atoms with Gasteiger partial charge >= 0.3 is 7.75 Å². The summed E-state index contributed by atoms with van der Waals surface area (Å²) in [5.41, 5.74) is 5.51. The van der Waals surface area contributed by atoms with Gasteiger partial charge in [-0.25, -0.2) is 14.2 Å². The molecule has 0 saturated carbocycles. The summed E-state index contributed by atoms with van der Waals surface area (Å²) < 4.78 is 25.3. The molecule has 4 N–H and O–H groups in total. The first-order chi connectivity index (χ1) is 11.5. The van der Waals surface area contributed by atoms with Crippen molar-refractivity contribution in [3.8, 4) is 0 Å².